The molecule has 3 aliphatic heterocycles. The van der Waals surface area contributed by atoms with Crippen molar-refractivity contribution in [1.82, 2.24) is 15.0 Å². The summed E-state index contributed by atoms with van der Waals surface area (Å²) in [6, 6.07) is 3.71. The maximum Gasteiger partial charge on any atom is 0.340 e. The van der Waals surface area contributed by atoms with Gasteiger partial charge in [0.25, 0.3) is 0 Å². The van der Waals surface area contributed by atoms with E-state index in [1.807, 2.05) is 11.9 Å². The van der Waals surface area contributed by atoms with Crippen LogP contribution in [0.1, 0.15) is 28.9 Å². The minimum atomic E-state index is -1.07. The van der Waals surface area contributed by atoms with Crippen molar-refractivity contribution in [2.45, 2.75) is 36.3 Å². The minimum absolute atomic E-state index is 0.213. The van der Waals surface area contributed by atoms with E-state index in [0.717, 1.165) is 42.5 Å². The molecule has 5 heterocycles. The molecule has 0 aromatic carbocycles. The van der Waals surface area contributed by atoms with Gasteiger partial charge in [0.05, 0.1) is 35.1 Å². The lowest BCUT2D eigenvalue weighted by Crippen LogP contribution is -2.54. The molecule has 9 nitrogen and oxygen atoms in total. The molecule has 31 heavy (non-hydrogen) atoms. The molecule has 0 radical (unpaired) electrons. The van der Waals surface area contributed by atoms with Gasteiger partial charge in [-0.25, -0.2) is 9.78 Å². The number of carbonyl (C=O) groups is 1. The zero-order chi connectivity index (χ0) is 21.4. The van der Waals surface area contributed by atoms with Gasteiger partial charge in [0.15, 0.2) is 5.82 Å². The van der Waals surface area contributed by atoms with Gasteiger partial charge >= 0.3 is 5.97 Å². The number of carbonyl (C=O) groups excluding carboxylic acids is 1. The molecule has 0 saturated carbocycles. The van der Waals surface area contributed by atoms with Crippen LogP contribution in [0.5, 0.6) is 0 Å². The van der Waals surface area contributed by atoms with E-state index >= 15 is 0 Å². The number of hydrogen-bond donors (Lipinski definition) is 0. The zero-order valence-corrected chi connectivity index (χ0v) is 18.2. The summed E-state index contributed by atoms with van der Waals surface area (Å²) in [6.07, 6.45) is 5.45. The van der Waals surface area contributed by atoms with E-state index in [2.05, 4.69) is 9.88 Å². The zero-order valence-electron chi connectivity index (χ0n) is 17.4. The van der Waals surface area contributed by atoms with Gasteiger partial charge in [-0.2, -0.15) is 4.98 Å². The number of esters is 1. The summed E-state index contributed by atoms with van der Waals surface area (Å²) in [5, 5.41) is 0. The molecule has 0 amide bonds. The van der Waals surface area contributed by atoms with Gasteiger partial charge in [-0.3, -0.25) is 9.19 Å². The van der Waals surface area contributed by atoms with Crippen molar-refractivity contribution in [1.29, 1.82) is 0 Å². The van der Waals surface area contributed by atoms with Gasteiger partial charge in [0.2, 0.25) is 5.95 Å². The molecule has 3 aliphatic rings. The van der Waals surface area contributed by atoms with E-state index < -0.39 is 10.8 Å². The summed E-state index contributed by atoms with van der Waals surface area (Å²) >= 11 is 0. The Bertz CT molecular complexity index is 993. The normalized spacial score (nSPS) is 21.5. The van der Waals surface area contributed by atoms with Crippen molar-refractivity contribution < 1.29 is 18.5 Å². The van der Waals surface area contributed by atoms with Crippen molar-refractivity contribution in [2.24, 2.45) is 0 Å². The summed E-state index contributed by atoms with van der Waals surface area (Å²) in [5.41, 5.74) is 1.31. The number of pyridine rings is 1. The molecule has 1 atom stereocenters. The monoisotopic (exact) mass is 443 g/mol. The first-order valence-corrected chi connectivity index (χ1v) is 11.9. The molecular weight excluding hydrogens is 418 g/mol. The van der Waals surface area contributed by atoms with Crippen LogP contribution in [0.15, 0.2) is 29.4 Å². The van der Waals surface area contributed by atoms with E-state index in [0.29, 0.717) is 42.8 Å². The molecule has 2 fully saturated rings. The predicted molar refractivity (Wildman–Crippen MR) is 115 cm³/mol. The van der Waals surface area contributed by atoms with Gasteiger partial charge < -0.3 is 19.3 Å². The minimum Gasteiger partial charge on any atom is -0.455 e. The number of fused-ring (bicyclic) bond motifs is 1. The van der Waals surface area contributed by atoms with Crippen LogP contribution in [0.3, 0.4) is 0 Å². The maximum absolute atomic E-state index is 12.6. The Morgan fingerprint density at radius 2 is 2.10 bits per heavy atom. The van der Waals surface area contributed by atoms with Crippen molar-refractivity contribution in [3.63, 3.8) is 0 Å². The van der Waals surface area contributed by atoms with E-state index in [-0.39, 0.29) is 12.1 Å². The van der Waals surface area contributed by atoms with Crippen LogP contribution in [0, 0.1) is 0 Å². The Morgan fingerprint density at radius 3 is 2.84 bits per heavy atom. The van der Waals surface area contributed by atoms with Gasteiger partial charge in [0.1, 0.15) is 11.0 Å². The molecule has 2 aromatic rings. The molecule has 0 bridgehead atoms. The second-order valence-corrected chi connectivity index (χ2v) is 9.56. The third-order valence-electron chi connectivity index (χ3n) is 6.03. The van der Waals surface area contributed by atoms with Crippen LogP contribution in [0.2, 0.25) is 0 Å². The molecule has 164 valence electrons. The largest absolute Gasteiger partial charge is 0.455 e. The highest BCUT2D eigenvalue weighted by Gasteiger charge is 2.36. The lowest BCUT2D eigenvalue weighted by atomic mass is 10.1. The lowest BCUT2D eigenvalue weighted by molar-refractivity contribution is 0.0231. The third kappa shape index (κ3) is 4.01. The summed E-state index contributed by atoms with van der Waals surface area (Å²) in [5.74, 6) is 1.59. The van der Waals surface area contributed by atoms with Crippen molar-refractivity contribution >= 4 is 28.5 Å². The van der Waals surface area contributed by atoms with E-state index in [9.17, 15) is 9.00 Å². The topological polar surface area (TPSA) is 97.8 Å². The number of hydrogen-bond acceptors (Lipinski definition) is 9. The molecule has 10 heteroatoms. The predicted octanol–water partition coefficient (Wildman–Crippen LogP) is 1.20. The van der Waals surface area contributed by atoms with E-state index in [1.54, 1.807) is 18.3 Å². The fraction of sp³-hybridized carbons (Fsp3) is 0.524. The highest BCUT2D eigenvalue weighted by Crippen LogP contribution is 2.34. The number of rotatable bonds is 5. The number of ether oxygens (including phenoxy) is 2. The molecule has 0 spiro atoms. The first-order chi connectivity index (χ1) is 15.1. The Balaban J connectivity index is 1.31. The smallest absolute Gasteiger partial charge is 0.340 e. The summed E-state index contributed by atoms with van der Waals surface area (Å²) < 4.78 is 23.7. The average molecular weight is 444 g/mol. The average Bonchev–Trinajstić information content (AvgIpc) is 3.16. The molecule has 2 aromatic heterocycles. The molecule has 5 rings (SSSR count). The first-order valence-electron chi connectivity index (χ1n) is 10.6. The number of anilines is 2. The maximum atomic E-state index is 12.6. The second kappa shape index (κ2) is 8.51. The number of aromatic nitrogens is 3. The van der Waals surface area contributed by atoms with Gasteiger partial charge in [-0.15, -0.1) is 0 Å². The van der Waals surface area contributed by atoms with E-state index in [1.165, 1.54) is 6.20 Å². The van der Waals surface area contributed by atoms with Crippen LogP contribution >= 0.6 is 0 Å². The SMILES string of the molecule is CN(c1nc(N2CC(OC(=O)c3cccnc3)C2)nc2c1S(=O)CC2)C1CCOCC1. The Morgan fingerprint density at radius 1 is 1.29 bits per heavy atom. The highest BCUT2D eigenvalue weighted by molar-refractivity contribution is 7.85. The second-order valence-electron chi connectivity index (χ2n) is 8.05. The van der Waals surface area contributed by atoms with Crippen LogP contribution < -0.4 is 9.80 Å². The lowest BCUT2D eigenvalue weighted by Gasteiger charge is -2.39. The fourth-order valence-corrected chi connectivity index (χ4v) is 5.56. The van der Waals surface area contributed by atoms with Gasteiger partial charge in [-0.05, 0) is 25.0 Å². The molecule has 0 aliphatic carbocycles. The Labute approximate surface area is 183 Å². The van der Waals surface area contributed by atoms with Crippen LogP contribution in [0.4, 0.5) is 11.8 Å². The number of nitrogens with zero attached hydrogens (tertiary/aromatic N) is 5. The molecular formula is C21H25N5O4S. The summed E-state index contributed by atoms with van der Waals surface area (Å²) in [7, 11) is 0.953. The van der Waals surface area contributed by atoms with Gasteiger partial charge in [0, 0.05) is 50.9 Å². The molecule has 1 unspecified atom stereocenters. The van der Waals surface area contributed by atoms with Crippen molar-refractivity contribution in [3.8, 4) is 0 Å². The molecule has 0 N–H and O–H groups in total. The highest BCUT2D eigenvalue weighted by atomic mass is 32.2. The number of aryl methyl sites for hydroxylation is 1. The van der Waals surface area contributed by atoms with Gasteiger partial charge in [-0.1, -0.05) is 0 Å². The van der Waals surface area contributed by atoms with Crippen molar-refractivity contribution in [2.75, 3.05) is 48.9 Å². The summed E-state index contributed by atoms with van der Waals surface area (Å²) in [6.45, 7) is 2.53. The third-order valence-corrected chi connectivity index (χ3v) is 7.48. The van der Waals surface area contributed by atoms with Crippen LogP contribution in [-0.2, 0) is 26.7 Å². The quantitative estimate of drug-likeness (QED) is 0.631. The summed E-state index contributed by atoms with van der Waals surface area (Å²) in [4.78, 5) is 30.6. The van der Waals surface area contributed by atoms with E-state index in [4.69, 9.17) is 19.4 Å². The fourth-order valence-electron chi connectivity index (χ4n) is 4.17. The van der Waals surface area contributed by atoms with Crippen LogP contribution in [0.25, 0.3) is 0 Å². The Hall–Kier alpha value is -2.59. The Kier molecular flexibility index (Phi) is 5.58. The van der Waals surface area contributed by atoms with Crippen LogP contribution in [-0.4, -0.2) is 76.4 Å². The van der Waals surface area contributed by atoms with Crippen molar-refractivity contribution in [3.05, 3.63) is 35.8 Å². The molecule has 2 saturated heterocycles. The standard InChI is InChI=1S/C21H25N5O4S/c1-25(15-4-8-29-9-5-15)19-18-17(6-10-31(18)28)23-21(24-19)26-12-16(13-26)30-20(27)14-3-2-7-22-11-14/h2-3,7,11,15-16H,4-6,8-10,12-13H2,1H3. The first kappa shape index (κ1) is 20.3.